The lowest BCUT2D eigenvalue weighted by Crippen LogP contribution is -2.31. The standard InChI is InChI=1S/C26H24ClNO5S/c1-15-12-14-34-25(15)22-21(23(29)20-18(32-2)5-4-6-19(20)33-3)24(30)26(31)28(22)13-11-16-7-9-17(27)10-8-16/h4-10,12,14,22,29H,11,13H2,1-3H3/b23-21+. The maximum Gasteiger partial charge on any atom is 0.295 e. The average Bonchev–Trinajstić information content (AvgIpc) is 3.37. The van der Waals surface area contributed by atoms with Gasteiger partial charge in [-0.25, -0.2) is 0 Å². The van der Waals surface area contributed by atoms with Crippen LogP contribution in [0.2, 0.25) is 5.02 Å². The molecule has 1 atom stereocenters. The molecule has 8 heteroatoms. The van der Waals surface area contributed by atoms with E-state index in [9.17, 15) is 14.7 Å². The molecule has 6 nitrogen and oxygen atoms in total. The van der Waals surface area contributed by atoms with Crippen LogP contribution < -0.4 is 9.47 Å². The monoisotopic (exact) mass is 497 g/mol. The van der Waals surface area contributed by atoms with Crippen LogP contribution in [0.25, 0.3) is 5.76 Å². The molecule has 1 aliphatic heterocycles. The molecule has 0 spiro atoms. The van der Waals surface area contributed by atoms with Gasteiger partial charge < -0.3 is 19.5 Å². The lowest BCUT2D eigenvalue weighted by atomic mass is 9.97. The summed E-state index contributed by atoms with van der Waals surface area (Å²) < 4.78 is 10.9. The first-order chi connectivity index (χ1) is 16.4. The van der Waals surface area contributed by atoms with Crippen molar-refractivity contribution in [3.63, 3.8) is 0 Å². The predicted octanol–water partition coefficient (Wildman–Crippen LogP) is 5.39. The van der Waals surface area contributed by atoms with Crippen molar-refractivity contribution in [3.05, 3.63) is 86.1 Å². The van der Waals surface area contributed by atoms with E-state index in [0.717, 1.165) is 16.0 Å². The van der Waals surface area contributed by atoms with Gasteiger partial charge in [-0.1, -0.05) is 29.8 Å². The number of carbonyl (C=O) groups excluding carboxylic acids is 2. The first kappa shape index (κ1) is 23.9. The Morgan fingerprint density at radius 2 is 1.71 bits per heavy atom. The number of Topliss-reactive ketones (excluding diaryl/α,β-unsaturated/α-hetero) is 1. The minimum absolute atomic E-state index is 0.0226. The molecule has 0 bridgehead atoms. The van der Waals surface area contributed by atoms with Crippen LogP contribution in [0.15, 0.2) is 59.5 Å². The number of aryl methyl sites for hydroxylation is 1. The Labute approximate surface area is 207 Å². The van der Waals surface area contributed by atoms with Gasteiger partial charge in [-0.2, -0.15) is 0 Å². The Bertz CT molecular complexity index is 1240. The summed E-state index contributed by atoms with van der Waals surface area (Å²) in [5.41, 5.74) is 2.18. The summed E-state index contributed by atoms with van der Waals surface area (Å²) in [6, 6.07) is 13.6. The minimum Gasteiger partial charge on any atom is -0.506 e. The highest BCUT2D eigenvalue weighted by molar-refractivity contribution is 7.10. The molecule has 0 saturated carbocycles. The quantitative estimate of drug-likeness (QED) is 0.269. The van der Waals surface area contributed by atoms with Crippen molar-refractivity contribution in [1.82, 2.24) is 4.90 Å². The number of hydrogen-bond donors (Lipinski definition) is 1. The van der Waals surface area contributed by atoms with E-state index in [2.05, 4.69) is 0 Å². The number of aliphatic hydroxyl groups excluding tert-OH is 1. The van der Waals surface area contributed by atoms with Crippen LogP contribution in [0.3, 0.4) is 0 Å². The number of halogens is 1. The molecule has 1 aliphatic rings. The largest absolute Gasteiger partial charge is 0.506 e. The maximum atomic E-state index is 13.3. The molecule has 4 rings (SSSR count). The molecule has 1 N–H and O–H groups in total. The van der Waals surface area contributed by atoms with E-state index >= 15 is 0 Å². The molecule has 3 aromatic rings. The molecular weight excluding hydrogens is 474 g/mol. The highest BCUT2D eigenvalue weighted by Gasteiger charge is 2.47. The first-order valence-corrected chi connectivity index (χ1v) is 11.9. The van der Waals surface area contributed by atoms with Crippen molar-refractivity contribution >= 4 is 40.4 Å². The van der Waals surface area contributed by atoms with Gasteiger partial charge in [0.1, 0.15) is 22.8 Å². The number of thiophene rings is 1. The summed E-state index contributed by atoms with van der Waals surface area (Å²) in [5, 5.41) is 14.0. The molecule has 176 valence electrons. The summed E-state index contributed by atoms with van der Waals surface area (Å²) in [6.45, 7) is 2.23. The van der Waals surface area contributed by atoms with Gasteiger partial charge in [0, 0.05) is 16.4 Å². The molecule has 0 aliphatic carbocycles. The molecule has 1 aromatic heterocycles. The number of ether oxygens (including phenoxy) is 2. The van der Waals surface area contributed by atoms with Crippen LogP contribution >= 0.6 is 22.9 Å². The van der Waals surface area contributed by atoms with E-state index in [1.54, 1.807) is 30.3 Å². The van der Waals surface area contributed by atoms with Crippen LogP contribution in [0.1, 0.15) is 27.6 Å². The number of likely N-dealkylation sites (tertiary alicyclic amines) is 1. The van der Waals surface area contributed by atoms with Crippen molar-refractivity contribution < 1.29 is 24.2 Å². The number of nitrogens with zero attached hydrogens (tertiary/aromatic N) is 1. The second-order valence-corrected chi connectivity index (χ2v) is 9.26. The van der Waals surface area contributed by atoms with Gasteiger partial charge >= 0.3 is 0 Å². The number of benzene rings is 2. The van der Waals surface area contributed by atoms with Crippen LogP contribution in [0, 0.1) is 6.92 Å². The van der Waals surface area contributed by atoms with Gasteiger partial charge in [-0.15, -0.1) is 11.3 Å². The molecule has 2 aromatic carbocycles. The first-order valence-electron chi connectivity index (χ1n) is 10.7. The number of rotatable bonds is 7. The van der Waals surface area contributed by atoms with Gasteiger partial charge in [-0.05, 0) is 60.2 Å². The summed E-state index contributed by atoms with van der Waals surface area (Å²) in [4.78, 5) is 28.9. The fourth-order valence-corrected chi connectivity index (χ4v) is 5.34. The van der Waals surface area contributed by atoms with Crippen molar-refractivity contribution in [1.29, 1.82) is 0 Å². The lowest BCUT2D eigenvalue weighted by molar-refractivity contribution is -0.139. The molecule has 0 radical (unpaired) electrons. The summed E-state index contributed by atoms with van der Waals surface area (Å²) in [7, 11) is 2.94. The number of ketones is 1. The number of amides is 1. The van der Waals surface area contributed by atoms with Crippen molar-refractivity contribution in [2.75, 3.05) is 20.8 Å². The number of aliphatic hydroxyl groups is 1. The highest BCUT2D eigenvalue weighted by atomic mass is 35.5. The highest BCUT2D eigenvalue weighted by Crippen LogP contribution is 2.45. The molecule has 34 heavy (non-hydrogen) atoms. The second-order valence-electron chi connectivity index (χ2n) is 7.87. The van der Waals surface area contributed by atoms with E-state index in [-0.39, 0.29) is 16.9 Å². The molecular formula is C26H24ClNO5S. The van der Waals surface area contributed by atoms with Gasteiger partial charge in [0.05, 0.1) is 25.8 Å². The normalized spacial score (nSPS) is 17.3. The van der Waals surface area contributed by atoms with Gasteiger partial charge in [0.15, 0.2) is 0 Å². The summed E-state index contributed by atoms with van der Waals surface area (Å²) in [6.07, 6.45) is 0.531. The minimum atomic E-state index is -0.737. The van der Waals surface area contributed by atoms with Crippen LogP contribution in [0.5, 0.6) is 11.5 Å². The van der Waals surface area contributed by atoms with Crippen LogP contribution in [0.4, 0.5) is 0 Å². The summed E-state index contributed by atoms with van der Waals surface area (Å²) >= 11 is 7.43. The predicted molar refractivity (Wildman–Crippen MR) is 133 cm³/mol. The van der Waals surface area contributed by atoms with Crippen LogP contribution in [-0.2, 0) is 16.0 Å². The van der Waals surface area contributed by atoms with Gasteiger partial charge in [0.25, 0.3) is 11.7 Å². The Hall–Kier alpha value is -3.29. The molecule has 2 heterocycles. The van der Waals surface area contributed by atoms with E-state index in [1.165, 1.54) is 30.5 Å². The van der Waals surface area contributed by atoms with Gasteiger partial charge in [-0.3, -0.25) is 9.59 Å². The zero-order chi connectivity index (χ0) is 24.4. The van der Waals surface area contributed by atoms with E-state index in [0.29, 0.717) is 29.5 Å². The Morgan fingerprint density at radius 3 is 2.26 bits per heavy atom. The SMILES string of the molecule is COc1cccc(OC)c1/C(O)=C1\C(=O)C(=O)N(CCc2ccc(Cl)cc2)C1c1sccc1C. The average molecular weight is 498 g/mol. The fourth-order valence-electron chi connectivity index (χ4n) is 4.17. The number of methoxy groups -OCH3 is 2. The molecule has 1 amide bonds. The van der Waals surface area contributed by atoms with Gasteiger partial charge in [0.2, 0.25) is 0 Å². The zero-order valence-corrected chi connectivity index (χ0v) is 20.6. The van der Waals surface area contributed by atoms with E-state index in [1.807, 2.05) is 30.5 Å². The Kier molecular flexibility index (Phi) is 6.95. The molecule has 1 saturated heterocycles. The Balaban J connectivity index is 1.84. The topological polar surface area (TPSA) is 76.1 Å². The number of carbonyl (C=O) groups is 2. The molecule has 1 unspecified atom stereocenters. The Morgan fingerprint density at radius 1 is 1.06 bits per heavy atom. The zero-order valence-electron chi connectivity index (χ0n) is 19.0. The smallest absolute Gasteiger partial charge is 0.295 e. The van der Waals surface area contributed by atoms with E-state index < -0.39 is 17.7 Å². The number of hydrogen-bond acceptors (Lipinski definition) is 6. The third-order valence-electron chi connectivity index (χ3n) is 5.91. The molecule has 1 fully saturated rings. The van der Waals surface area contributed by atoms with Crippen molar-refractivity contribution in [2.24, 2.45) is 0 Å². The third kappa shape index (κ3) is 4.29. The summed E-state index contributed by atoms with van der Waals surface area (Å²) in [5.74, 6) is -1.03. The maximum absolute atomic E-state index is 13.3. The third-order valence-corrected chi connectivity index (χ3v) is 7.23. The fraction of sp³-hybridized carbons (Fsp3) is 0.231. The van der Waals surface area contributed by atoms with Crippen molar-refractivity contribution in [3.8, 4) is 11.5 Å². The van der Waals surface area contributed by atoms with Crippen molar-refractivity contribution in [2.45, 2.75) is 19.4 Å². The van der Waals surface area contributed by atoms with E-state index in [4.69, 9.17) is 21.1 Å². The second kappa shape index (κ2) is 9.91. The van der Waals surface area contributed by atoms with Crippen LogP contribution in [-0.4, -0.2) is 42.5 Å². The lowest BCUT2D eigenvalue weighted by Gasteiger charge is -2.25.